The smallest absolute Gasteiger partial charge is 0.332 e. The molecule has 0 radical (unpaired) electrons. The van der Waals surface area contributed by atoms with E-state index in [2.05, 4.69) is 18.8 Å². The Kier molecular flexibility index (Phi) is 13.6. The van der Waals surface area contributed by atoms with E-state index in [1.54, 1.807) is 0 Å². The highest BCUT2D eigenvalue weighted by molar-refractivity contribution is 7.41. The number of H-pyrrole nitrogens is 1. The van der Waals surface area contributed by atoms with Crippen molar-refractivity contribution in [3.63, 3.8) is 0 Å². The molecule has 2 heterocycles. The van der Waals surface area contributed by atoms with Gasteiger partial charge in [-0.1, -0.05) is 52.4 Å². The zero-order valence-electron chi connectivity index (χ0n) is 20.5. The summed E-state index contributed by atoms with van der Waals surface area (Å²) >= 11 is 0. The van der Waals surface area contributed by atoms with Gasteiger partial charge in [0.05, 0.1) is 19.8 Å². The van der Waals surface area contributed by atoms with Gasteiger partial charge in [-0.2, -0.15) is 0 Å². The molecule has 1 fully saturated rings. The zero-order valence-corrected chi connectivity index (χ0v) is 21.4. The van der Waals surface area contributed by atoms with E-state index >= 15 is 0 Å². The van der Waals surface area contributed by atoms with Crippen molar-refractivity contribution in [3.8, 4) is 0 Å². The van der Waals surface area contributed by atoms with E-state index < -0.39 is 44.3 Å². The molecule has 0 bridgehead atoms. The monoisotopic (exact) mass is 502 g/mol. The van der Waals surface area contributed by atoms with Gasteiger partial charge in [-0.15, -0.1) is 0 Å². The summed E-state index contributed by atoms with van der Waals surface area (Å²) in [5.74, 6) is -0.449. The number of esters is 1. The molecule has 1 saturated heterocycles. The molecule has 2 rings (SSSR count). The maximum Gasteiger partial charge on any atom is 0.332 e. The summed E-state index contributed by atoms with van der Waals surface area (Å²) in [5, 5.41) is 0. The van der Waals surface area contributed by atoms with Crippen molar-refractivity contribution >= 4 is 14.6 Å². The average molecular weight is 503 g/mol. The number of aromatic nitrogens is 2. The van der Waals surface area contributed by atoms with Gasteiger partial charge < -0.3 is 23.0 Å². The highest BCUT2D eigenvalue weighted by atomic mass is 31.2. The first kappa shape index (κ1) is 28.7. The number of hydrogen-bond donors (Lipinski definition) is 1. The van der Waals surface area contributed by atoms with Gasteiger partial charge in [0.15, 0.2) is 0 Å². The van der Waals surface area contributed by atoms with E-state index in [1.807, 2.05) is 0 Å². The summed E-state index contributed by atoms with van der Waals surface area (Å²) in [6.07, 6.45) is 8.37. The summed E-state index contributed by atoms with van der Waals surface area (Å²) in [5.41, 5.74) is -1.08. The van der Waals surface area contributed by atoms with Gasteiger partial charge in [0.1, 0.15) is 18.4 Å². The van der Waals surface area contributed by atoms with Crippen LogP contribution in [0.15, 0.2) is 21.9 Å². The van der Waals surface area contributed by atoms with Gasteiger partial charge in [-0.25, -0.2) is 4.79 Å². The first-order chi connectivity index (χ1) is 16.4. The molecule has 11 heteroatoms. The van der Waals surface area contributed by atoms with Crippen molar-refractivity contribution in [3.05, 3.63) is 33.1 Å². The first-order valence-corrected chi connectivity index (χ1v) is 13.4. The Morgan fingerprint density at radius 2 is 1.71 bits per heavy atom. The third-order valence-corrected chi connectivity index (χ3v) is 6.54. The molecule has 1 aromatic heterocycles. The Bertz CT molecular complexity index is 816. The molecule has 0 saturated carbocycles. The summed E-state index contributed by atoms with van der Waals surface area (Å²) in [6.45, 7) is 6.83. The van der Waals surface area contributed by atoms with E-state index in [1.165, 1.54) is 23.8 Å². The van der Waals surface area contributed by atoms with Gasteiger partial charge in [0, 0.05) is 25.6 Å². The molecule has 0 spiro atoms. The van der Waals surface area contributed by atoms with Crippen LogP contribution in [-0.2, 0) is 27.8 Å². The lowest BCUT2D eigenvalue weighted by atomic mass is 10.2. The number of carbonyl (C=O) groups excluding carboxylic acids is 1. The third kappa shape index (κ3) is 10.4. The maximum absolute atomic E-state index is 12.2. The number of nitrogens with zero attached hydrogens (tertiary/aromatic N) is 1. The van der Waals surface area contributed by atoms with Crippen LogP contribution in [0.25, 0.3) is 0 Å². The molecule has 1 aliphatic heterocycles. The van der Waals surface area contributed by atoms with Crippen molar-refractivity contribution in [1.82, 2.24) is 9.55 Å². The van der Waals surface area contributed by atoms with Crippen LogP contribution in [0.3, 0.4) is 0 Å². The minimum atomic E-state index is -1.57. The Morgan fingerprint density at radius 3 is 2.26 bits per heavy atom. The van der Waals surface area contributed by atoms with Crippen LogP contribution in [-0.4, -0.2) is 47.5 Å². The molecule has 1 aliphatic rings. The Labute approximate surface area is 202 Å². The molecule has 0 aliphatic carbocycles. The van der Waals surface area contributed by atoms with Crippen molar-refractivity contribution in [2.45, 2.75) is 97.0 Å². The quantitative estimate of drug-likeness (QED) is 0.191. The van der Waals surface area contributed by atoms with E-state index in [0.717, 1.165) is 51.4 Å². The molecule has 1 aromatic rings. The van der Waals surface area contributed by atoms with Crippen molar-refractivity contribution < 1.29 is 27.8 Å². The molecule has 10 nitrogen and oxygen atoms in total. The summed E-state index contributed by atoms with van der Waals surface area (Å²) in [4.78, 5) is 37.4. The fraction of sp³-hybridized carbons (Fsp3) is 0.783. The number of unbranched alkanes of at least 4 members (excludes halogenated alkanes) is 6. The zero-order chi connectivity index (χ0) is 24.8. The highest BCUT2D eigenvalue weighted by Crippen LogP contribution is 2.42. The van der Waals surface area contributed by atoms with E-state index in [9.17, 15) is 14.4 Å². The Balaban J connectivity index is 1.96. The molecular formula is C23H39N2O8P. The topological polar surface area (TPSA) is 118 Å². The van der Waals surface area contributed by atoms with Crippen LogP contribution in [0.1, 0.15) is 84.8 Å². The summed E-state index contributed by atoms with van der Waals surface area (Å²) in [7, 11) is -1.57. The third-order valence-electron chi connectivity index (χ3n) is 5.39. The van der Waals surface area contributed by atoms with Crippen molar-refractivity contribution in [2.75, 3.05) is 19.8 Å². The number of nitrogens with one attached hydrogen (secondary N) is 1. The average Bonchev–Trinajstić information content (AvgIpc) is 3.18. The standard InChI is InChI=1S/C23H39N2O8P/c1-4-6-8-10-14-29-34(30-15-11-9-7-5-2)31-17-20-19(32-18(3)26)16-22(33-20)25-13-12-21(27)24-23(25)28/h12-13,19-20,22H,4-11,14-17H2,1-3H3,(H,24,27,28)/t19-,20+,22+/m0/s1. The fourth-order valence-electron chi connectivity index (χ4n) is 3.59. The number of rotatable bonds is 17. The molecule has 3 atom stereocenters. The van der Waals surface area contributed by atoms with Crippen LogP contribution in [0, 0.1) is 0 Å². The summed E-state index contributed by atoms with van der Waals surface area (Å²) in [6, 6.07) is 1.24. The van der Waals surface area contributed by atoms with Crippen LogP contribution < -0.4 is 11.2 Å². The predicted molar refractivity (Wildman–Crippen MR) is 128 cm³/mol. The molecular weight excluding hydrogens is 463 g/mol. The van der Waals surface area contributed by atoms with Gasteiger partial charge >= 0.3 is 20.3 Å². The molecule has 0 unspecified atom stereocenters. The van der Waals surface area contributed by atoms with Crippen LogP contribution in [0.5, 0.6) is 0 Å². The number of carbonyl (C=O) groups is 1. The summed E-state index contributed by atoms with van der Waals surface area (Å²) < 4.78 is 30.4. The molecule has 34 heavy (non-hydrogen) atoms. The van der Waals surface area contributed by atoms with Gasteiger partial charge in [-0.3, -0.25) is 19.1 Å². The molecule has 1 N–H and O–H groups in total. The van der Waals surface area contributed by atoms with E-state index in [-0.39, 0.29) is 13.0 Å². The molecule has 194 valence electrons. The minimum absolute atomic E-state index is 0.0855. The second-order valence-corrected chi connectivity index (χ2v) is 9.56. The van der Waals surface area contributed by atoms with E-state index in [0.29, 0.717) is 13.2 Å². The highest BCUT2D eigenvalue weighted by Gasteiger charge is 2.39. The first-order valence-electron chi connectivity index (χ1n) is 12.3. The van der Waals surface area contributed by atoms with Crippen LogP contribution in [0.2, 0.25) is 0 Å². The maximum atomic E-state index is 12.2. The van der Waals surface area contributed by atoms with Crippen LogP contribution >= 0.6 is 8.60 Å². The second-order valence-electron chi connectivity index (χ2n) is 8.34. The van der Waals surface area contributed by atoms with Gasteiger partial charge in [0.2, 0.25) is 0 Å². The number of ether oxygens (including phenoxy) is 2. The van der Waals surface area contributed by atoms with E-state index in [4.69, 9.17) is 23.0 Å². The number of aromatic amines is 1. The SMILES string of the molecule is CCCCCCOP(OCCCCCC)OC[C@H]1O[C@@H](n2ccc(=O)[nH]c2=O)C[C@@H]1OC(C)=O. The normalized spacial score (nSPS) is 20.2. The lowest BCUT2D eigenvalue weighted by Gasteiger charge is -2.22. The van der Waals surface area contributed by atoms with Crippen molar-refractivity contribution in [2.24, 2.45) is 0 Å². The largest absolute Gasteiger partial charge is 0.460 e. The molecule has 0 amide bonds. The second kappa shape index (κ2) is 16.2. The predicted octanol–water partition coefficient (Wildman–Crippen LogP) is 4.19. The number of hydrogen-bond acceptors (Lipinski definition) is 8. The Morgan fingerprint density at radius 1 is 1.06 bits per heavy atom. The fourth-order valence-corrected chi connectivity index (χ4v) is 4.64. The minimum Gasteiger partial charge on any atom is -0.460 e. The lowest BCUT2D eigenvalue weighted by Crippen LogP contribution is -2.32. The Hall–Kier alpha value is -1.58. The van der Waals surface area contributed by atoms with Crippen LogP contribution in [0.4, 0.5) is 0 Å². The lowest BCUT2D eigenvalue weighted by molar-refractivity contribution is -0.150. The van der Waals surface area contributed by atoms with Crippen molar-refractivity contribution in [1.29, 1.82) is 0 Å². The van der Waals surface area contributed by atoms with Gasteiger partial charge in [0.25, 0.3) is 5.56 Å². The molecule has 0 aromatic carbocycles. The van der Waals surface area contributed by atoms with Gasteiger partial charge in [-0.05, 0) is 12.8 Å².